The van der Waals surface area contributed by atoms with Gasteiger partial charge in [0, 0.05) is 29.7 Å². The normalized spacial score (nSPS) is 10.9. The number of nitrogens with zero attached hydrogens (tertiary/aromatic N) is 2. The zero-order chi connectivity index (χ0) is 17.5. The summed E-state index contributed by atoms with van der Waals surface area (Å²) in [6.45, 7) is 2.04. The van der Waals surface area contributed by atoms with Crippen molar-refractivity contribution >= 4 is 29.1 Å². The van der Waals surface area contributed by atoms with E-state index in [0.29, 0.717) is 29.6 Å². The summed E-state index contributed by atoms with van der Waals surface area (Å²) in [7, 11) is 4.00. The van der Waals surface area contributed by atoms with Crippen LogP contribution in [0.1, 0.15) is 11.1 Å². The molecule has 0 aliphatic heterocycles. The SMILES string of the molecule is CN(C)CCN(Cc1ccc(Cl)cc1)C(=O)Cc1ccccc1Cl. The van der Waals surface area contributed by atoms with Crippen molar-refractivity contribution in [1.29, 1.82) is 0 Å². The van der Waals surface area contributed by atoms with Gasteiger partial charge in [0.25, 0.3) is 0 Å². The lowest BCUT2D eigenvalue weighted by Crippen LogP contribution is -2.37. The summed E-state index contributed by atoms with van der Waals surface area (Å²) in [5.74, 6) is 0.0694. The fraction of sp³-hybridized carbons (Fsp3) is 0.316. The monoisotopic (exact) mass is 364 g/mol. The first-order chi connectivity index (χ1) is 11.5. The Morgan fingerprint density at radius 2 is 1.62 bits per heavy atom. The quantitative estimate of drug-likeness (QED) is 0.737. The standard InChI is InChI=1S/C19H22Cl2N2O/c1-22(2)11-12-23(14-15-7-9-17(20)10-8-15)19(24)13-16-5-3-4-6-18(16)21/h3-10H,11-14H2,1-2H3. The maximum Gasteiger partial charge on any atom is 0.227 e. The highest BCUT2D eigenvalue weighted by molar-refractivity contribution is 6.31. The predicted molar refractivity (Wildman–Crippen MR) is 101 cm³/mol. The van der Waals surface area contributed by atoms with Crippen LogP contribution < -0.4 is 0 Å². The molecule has 0 spiro atoms. The van der Waals surface area contributed by atoms with Crippen molar-refractivity contribution in [3.63, 3.8) is 0 Å². The van der Waals surface area contributed by atoms with Crippen molar-refractivity contribution in [2.75, 3.05) is 27.2 Å². The number of halogens is 2. The van der Waals surface area contributed by atoms with Gasteiger partial charge in [-0.3, -0.25) is 4.79 Å². The second-order valence-corrected chi connectivity index (χ2v) is 6.86. The molecule has 2 aromatic rings. The first-order valence-corrected chi connectivity index (χ1v) is 8.61. The number of hydrogen-bond acceptors (Lipinski definition) is 2. The maximum absolute atomic E-state index is 12.8. The van der Waals surface area contributed by atoms with Gasteiger partial charge in [-0.2, -0.15) is 0 Å². The zero-order valence-corrected chi connectivity index (χ0v) is 15.5. The molecular weight excluding hydrogens is 343 g/mol. The van der Waals surface area contributed by atoms with Crippen molar-refractivity contribution < 1.29 is 4.79 Å². The summed E-state index contributed by atoms with van der Waals surface area (Å²) in [6, 6.07) is 15.1. The largest absolute Gasteiger partial charge is 0.337 e. The molecule has 0 saturated heterocycles. The number of amides is 1. The average molecular weight is 365 g/mol. The van der Waals surface area contributed by atoms with Gasteiger partial charge in [0.05, 0.1) is 6.42 Å². The summed E-state index contributed by atoms with van der Waals surface area (Å²) >= 11 is 12.1. The molecule has 5 heteroatoms. The summed E-state index contributed by atoms with van der Waals surface area (Å²) in [5.41, 5.74) is 1.92. The molecule has 2 aromatic carbocycles. The molecule has 0 aliphatic rings. The molecule has 0 atom stereocenters. The fourth-order valence-electron chi connectivity index (χ4n) is 2.34. The Kier molecular flexibility index (Phi) is 7.10. The molecule has 0 heterocycles. The van der Waals surface area contributed by atoms with E-state index in [0.717, 1.165) is 17.7 Å². The van der Waals surface area contributed by atoms with E-state index in [9.17, 15) is 4.79 Å². The molecule has 0 unspecified atom stereocenters. The predicted octanol–water partition coefficient (Wildman–Crippen LogP) is 4.13. The van der Waals surface area contributed by atoms with Crippen LogP contribution >= 0.6 is 23.2 Å². The van der Waals surface area contributed by atoms with Gasteiger partial charge in [0.1, 0.15) is 0 Å². The van der Waals surface area contributed by atoms with Crippen molar-refractivity contribution in [2.45, 2.75) is 13.0 Å². The number of rotatable bonds is 7. The lowest BCUT2D eigenvalue weighted by molar-refractivity contribution is -0.131. The van der Waals surface area contributed by atoms with Crippen molar-refractivity contribution in [3.05, 3.63) is 69.7 Å². The van der Waals surface area contributed by atoms with Crippen LogP contribution in [0.2, 0.25) is 10.0 Å². The molecule has 0 fully saturated rings. The summed E-state index contributed by atoms with van der Waals surface area (Å²) < 4.78 is 0. The Labute approximate surface area is 153 Å². The van der Waals surface area contributed by atoms with Crippen LogP contribution in [0.5, 0.6) is 0 Å². The highest BCUT2D eigenvalue weighted by atomic mass is 35.5. The topological polar surface area (TPSA) is 23.6 Å². The van der Waals surface area contributed by atoms with E-state index in [4.69, 9.17) is 23.2 Å². The van der Waals surface area contributed by atoms with Crippen LogP contribution in [-0.4, -0.2) is 42.9 Å². The lowest BCUT2D eigenvalue weighted by atomic mass is 10.1. The van der Waals surface area contributed by atoms with E-state index in [1.807, 2.05) is 67.5 Å². The average Bonchev–Trinajstić information content (AvgIpc) is 2.55. The summed E-state index contributed by atoms with van der Waals surface area (Å²) in [4.78, 5) is 16.7. The lowest BCUT2D eigenvalue weighted by Gasteiger charge is -2.25. The minimum Gasteiger partial charge on any atom is -0.337 e. The molecule has 128 valence electrons. The molecule has 0 saturated carbocycles. The Balaban J connectivity index is 2.10. The minimum atomic E-state index is 0.0694. The van der Waals surface area contributed by atoms with Gasteiger partial charge in [-0.15, -0.1) is 0 Å². The maximum atomic E-state index is 12.8. The van der Waals surface area contributed by atoms with E-state index in [-0.39, 0.29) is 5.91 Å². The molecule has 0 aliphatic carbocycles. The van der Waals surface area contributed by atoms with Crippen molar-refractivity contribution in [2.24, 2.45) is 0 Å². The first kappa shape index (κ1) is 18.8. The molecule has 3 nitrogen and oxygen atoms in total. The van der Waals surface area contributed by atoms with Gasteiger partial charge in [0.2, 0.25) is 5.91 Å². The van der Waals surface area contributed by atoms with Crippen LogP contribution in [0.3, 0.4) is 0 Å². The second-order valence-electron chi connectivity index (χ2n) is 6.01. The Morgan fingerprint density at radius 3 is 2.25 bits per heavy atom. The second kappa shape index (κ2) is 9.07. The minimum absolute atomic E-state index is 0.0694. The van der Waals surface area contributed by atoms with Crippen molar-refractivity contribution in [3.8, 4) is 0 Å². The van der Waals surface area contributed by atoms with E-state index in [2.05, 4.69) is 4.90 Å². The van der Waals surface area contributed by atoms with E-state index in [1.165, 1.54) is 0 Å². The van der Waals surface area contributed by atoms with E-state index in [1.54, 1.807) is 0 Å². The number of likely N-dealkylation sites (N-methyl/N-ethyl adjacent to an activating group) is 1. The smallest absolute Gasteiger partial charge is 0.227 e. The third kappa shape index (κ3) is 5.82. The van der Waals surface area contributed by atoms with Gasteiger partial charge in [-0.05, 0) is 43.4 Å². The Hall–Kier alpha value is -1.55. The Bertz CT molecular complexity index is 671. The molecule has 0 bridgehead atoms. The van der Waals surface area contributed by atoms with Gasteiger partial charge in [-0.25, -0.2) is 0 Å². The third-order valence-corrected chi connectivity index (χ3v) is 4.38. The van der Waals surface area contributed by atoms with Crippen molar-refractivity contribution in [1.82, 2.24) is 9.80 Å². The molecule has 24 heavy (non-hydrogen) atoms. The highest BCUT2D eigenvalue weighted by Gasteiger charge is 2.16. The van der Waals surface area contributed by atoms with Crippen LogP contribution in [0.25, 0.3) is 0 Å². The number of benzene rings is 2. The van der Waals surface area contributed by atoms with Crippen LogP contribution in [0.15, 0.2) is 48.5 Å². The number of carbonyl (C=O) groups excluding carboxylic acids is 1. The van der Waals surface area contributed by atoms with Crippen LogP contribution in [-0.2, 0) is 17.8 Å². The zero-order valence-electron chi connectivity index (χ0n) is 14.0. The molecule has 2 rings (SSSR count). The van der Waals surface area contributed by atoms with Gasteiger partial charge in [-0.1, -0.05) is 53.5 Å². The molecule has 0 N–H and O–H groups in total. The number of carbonyl (C=O) groups is 1. The van der Waals surface area contributed by atoms with Gasteiger partial charge >= 0.3 is 0 Å². The summed E-state index contributed by atoms with van der Waals surface area (Å²) in [5, 5.41) is 1.32. The van der Waals surface area contributed by atoms with Crippen LogP contribution in [0, 0.1) is 0 Å². The van der Waals surface area contributed by atoms with Gasteiger partial charge in [0.15, 0.2) is 0 Å². The van der Waals surface area contributed by atoms with E-state index >= 15 is 0 Å². The summed E-state index contributed by atoms with van der Waals surface area (Å²) in [6.07, 6.45) is 0.306. The Morgan fingerprint density at radius 1 is 0.958 bits per heavy atom. The molecule has 0 aromatic heterocycles. The molecule has 1 amide bonds. The highest BCUT2D eigenvalue weighted by Crippen LogP contribution is 2.17. The molecular formula is C19H22Cl2N2O. The van der Waals surface area contributed by atoms with Gasteiger partial charge < -0.3 is 9.80 Å². The third-order valence-electron chi connectivity index (χ3n) is 3.76. The van der Waals surface area contributed by atoms with E-state index < -0.39 is 0 Å². The van der Waals surface area contributed by atoms with Crippen LogP contribution in [0.4, 0.5) is 0 Å². The number of hydrogen-bond donors (Lipinski definition) is 0. The molecule has 0 radical (unpaired) electrons. The first-order valence-electron chi connectivity index (χ1n) is 7.86. The fourth-order valence-corrected chi connectivity index (χ4v) is 2.67.